The van der Waals surface area contributed by atoms with E-state index >= 15 is 0 Å². The van der Waals surface area contributed by atoms with Crippen molar-refractivity contribution in [3.8, 4) is 5.75 Å². The zero-order valence-electron chi connectivity index (χ0n) is 15.2. The molecule has 1 aromatic heterocycles. The van der Waals surface area contributed by atoms with E-state index in [2.05, 4.69) is 46.5 Å². The lowest BCUT2D eigenvalue weighted by Crippen LogP contribution is -1.98. The maximum Gasteiger partial charge on any atom is 0.141 e. The quantitative estimate of drug-likeness (QED) is 0.495. The van der Waals surface area contributed by atoms with E-state index in [0.29, 0.717) is 6.61 Å². The lowest BCUT2D eigenvalue weighted by Gasteiger charge is -2.11. The van der Waals surface area contributed by atoms with Gasteiger partial charge in [-0.1, -0.05) is 43.3 Å². The molecular formula is C23H21N3O. The number of ether oxygens (including phenoxy) is 1. The molecule has 3 aromatic carbocycles. The molecule has 0 radical (unpaired) electrons. The topological polar surface area (TPSA) is 47.0 Å². The largest absolute Gasteiger partial charge is 0.489 e. The van der Waals surface area contributed by atoms with E-state index in [0.717, 1.165) is 40.1 Å². The fourth-order valence-corrected chi connectivity index (χ4v) is 2.94. The molecule has 0 aliphatic heterocycles. The first-order valence-electron chi connectivity index (χ1n) is 9.09. The van der Waals surface area contributed by atoms with Gasteiger partial charge in [-0.25, -0.2) is 9.97 Å². The molecule has 0 aliphatic carbocycles. The SMILES string of the molecule is CCc1ccc2ncnc(Nc3ccc(OCc4ccccc4)cc3)c2c1. The van der Waals surface area contributed by atoms with Crippen LogP contribution in [0.15, 0.2) is 79.1 Å². The molecule has 0 fully saturated rings. The molecule has 4 aromatic rings. The van der Waals surface area contributed by atoms with Crippen molar-refractivity contribution in [2.45, 2.75) is 20.0 Å². The van der Waals surface area contributed by atoms with Gasteiger partial charge in [0.2, 0.25) is 0 Å². The van der Waals surface area contributed by atoms with E-state index < -0.39 is 0 Å². The molecular weight excluding hydrogens is 334 g/mol. The molecule has 4 heteroatoms. The summed E-state index contributed by atoms with van der Waals surface area (Å²) in [6, 6.07) is 24.4. The van der Waals surface area contributed by atoms with Gasteiger partial charge in [-0.05, 0) is 53.9 Å². The molecule has 0 aliphatic rings. The van der Waals surface area contributed by atoms with E-state index in [1.54, 1.807) is 6.33 Å². The van der Waals surface area contributed by atoms with Crippen LogP contribution in [-0.4, -0.2) is 9.97 Å². The molecule has 0 spiro atoms. The summed E-state index contributed by atoms with van der Waals surface area (Å²) in [7, 11) is 0. The van der Waals surface area contributed by atoms with E-state index in [1.165, 1.54) is 5.56 Å². The zero-order chi connectivity index (χ0) is 18.5. The van der Waals surface area contributed by atoms with Gasteiger partial charge in [0.25, 0.3) is 0 Å². The predicted octanol–water partition coefficient (Wildman–Crippen LogP) is 5.51. The Bertz CT molecular complexity index is 1030. The Labute approximate surface area is 158 Å². The predicted molar refractivity (Wildman–Crippen MR) is 109 cm³/mol. The molecule has 1 heterocycles. The summed E-state index contributed by atoms with van der Waals surface area (Å²) < 4.78 is 5.84. The minimum Gasteiger partial charge on any atom is -0.489 e. The van der Waals surface area contributed by atoms with E-state index in [1.807, 2.05) is 48.5 Å². The highest BCUT2D eigenvalue weighted by Crippen LogP contribution is 2.25. The molecule has 0 saturated carbocycles. The Morgan fingerprint density at radius 2 is 1.67 bits per heavy atom. The number of hydrogen-bond donors (Lipinski definition) is 1. The van der Waals surface area contributed by atoms with Gasteiger partial charge in [-0.2, -0.15) is 0 Å². The second-order valence-electron chi connectivity index (χ2n) is 6.35. The average Bonchev–Trinajstić information content (AvgIpc) is 2.74. The number of aromatic nitrogens is 2. The van der Waals surface area contributed by atoms with Gasteiger partial charge in [-0.15, -0.1) is 0 Å². The Hall–Kier alpha value is -3.40. The molecule has 134 valence electrons. The number of anilines is 2. The first-order chi connectivity index (χ1) is 13.3. The highest BCUT2D eigenvalue weighted by molar-refractivity contribution is 5.91. The number of aryl methyl sites for hydroxylation is 1. The number of nitrogens with one attached hydrogen (secondary N) is 1. The van der Waals surface area contributed by atoms with Crippen LogP contribution in [0.25, 0.3) is 10.9 Å². The van der Waals surface area contributed by atoms with Crippen LogP contribution >= 0.6 is 0 Å². The lowest BCUT2D eigenvalue weighted by atomic mass is 10.1. The monoisotopic (exact) mass is 355 g/mol. The second-order valence-corrected chi connectivity index (χ2v) is 6.35. The van der Waals surface area contributed by atoms with E-state index in [-0.39, 0.29) is 0 Å². The van der Waals surface area contributed by atoms with E-state index in [4.69, 9.17) is 4.74 Å². The normalized spacial score (nSPS) is 10.7. The van der Waals surface area contributed by atoms with Crippen LogP contribution in [-0.2, 0) is 13.0 Å². The Morgan fingerprint density at radius 3 is 2.44 bits per heavy atom. The summed E-state index contributed by atoms with van der Waals surface area (Å²) in [5.41, 5.74) is 4.32. The summed E-state index contributed by atoms with van der Waals surface area (Å²) in [5.74, 6) is 1.65. The molecule has 27 heavy (non-hydrogen) atoms. The van der Waals surface area contributed by atoms with Gasteiger partial charge in [0.05, 0.1) is 5.52 Å². The zero-order valence-corrected chi connectivity index (χ0v) is 15.2. The van der Waals surface area contributed by atoms with Crippen LogP contribution in [0.4, 0.5) is 11.5 Å². The van der Waals surface area contributed by atoms with Crippen LogP contribution in [0, 0.1) is 0 Å². The maximum absolute atomic E-state index is 5.84. The minimum absolute atomic E-state index is 0.559. The van der Waals surface area contributed by atoms with Crippen molar-refractivity contribution >= 4 is 22.4 Å². The number of nitrogens with zero attached hydrogens (tertiary/aromatic N) is 2. The summed E-state index contributed by atoms with van der Waals surface area (Å²) in [6.07, 6.45) is 2.57. The second kappa shape index (κ2) is 7.87. The van der Waals surface area contributed by atoms with Crippen LogP contribution in [0.2, 0.25) is 0 Å². The highest BCUT2D eigenvalue weighted by atomic mass is 16.5. The van der Waals surface area contributed by atoms with Crippen LogP contribution in [0.1, 0.15) is 18.1 Å². The molecule has 0 bridgehead atoms. The Morgan fingerprint density at radius 1 is 0.852 bits per heavy atom. The molecule has 0 saturated heterocycles. The number of benzene rings is 3. The molecule has 0 atom stereocenters. The van der Waals surface area contributed by atoms with Gasteiger partial charge in [0, 0.05) is 11.1 Å². The van der Waals surface area contributed by atoms with Gasteiger partial charge < -0.3 is 10.1 Å². The van der Waals surface area contributed by atoms with Crippen molar-refractivity contribution in [1.82, 2.24) is 9.97 Å². The summed E-state index contributed by atoms with van der Waals surface area (Å²) in [5, 5.41) is 4.42. The molecule has 4 nitrogen and oxygen atoms in total. The molecule has 1 N–H and O–H groups in total. The third-order valence-corrected chi connectivity index (χ3v) is 4.47. The number of rotatable bonds is 6. The van der Waals surface area contributed by atoms with Crippen molar-refractivity contribution in [2.75, 3.05) is 5.32 Å². The summed E-state index contributed by atoms with van der Waals surface area (Å²) in [6.45, 7) is 2.70. The number of hydrogen-bond acceptors (Lipinski definition) is 4. The lowest BCUT2D eigenvalue weighted by molar-refractivity contribution is 0.306. The maximum atomic E-state index is 5.84. The van der Waals surface area contributed by atoms with Crippen molar-refractivity contribution in [2.24, 2.45) is 0 Å². The summed E-state index contributed by atoms with van der Waals surface area (Å²) in [4.78, 5) is 8.78. The van der Waals surface area contributed by atoms with Gasteiger partial charge in [-0.3, -0.25) is 0 Å². The molecule has 4 rings (SSSR count). The smallest absolute Gasteiger partial charge is 0.141 e. The fourth-order valence-electron chi connectivity index (χ4n) is 2.94. The van der Waals surface area contributed by atoms with Crippen molar-refractivity contribution < 1.29 is 4.74 Å². The Kier molecular flexibility index (Phi) is 4.97. The highest BCUT2D eigenvalue weighted by Gasteiger charge is 2.05. The first kappa shape index (κ1) is 17.0. The Balaban J connectivity index is 1.49. The van der Waals surface area contributed by atoms with Crippen LogP contribution < -0.4 is 10.1 Å². The van der Waals surface area contributed by atoms with Gasteiger partial charge in [0.15, 0.2) is 0 Å². The van der Waals surface area contributed by atoms with Crippen LogP contribution in [0.3, 0.4) is 0 Å². The fraction of sp³-hybridized carbons (Fsp3) is 0.130. The van der Waals surface area contributed by atoms with Crippen molar-refractivity contribution in [3.63, 3.8) is 0 Å². The molecule has 0 amide bonds. The van der Waals surface area contributed by atoms with Gasteiger partial charge in [0.1, 0.15) is 24.5 Å². The number of fused-ring (bicyclic) bond motifs is 1. The third-order valence-electron chi connectivity index (χ3n) is 4.47. The molecule has 0 unspecified atom stereocenters. The van der Waals surface area contributed by atoms with Crippen molar-refractivity contribution in [3.05, 3.63) is 90.3 Å². The standard InChI is InChI=1S/C23H21N3O/c1-2-17-8-13-22-21(14-17)23(25-16-24-22)26-19-9-11-20(12-10-19)27-15-18-6-4-3-5-7-18/h3-14,16H,2,15H2,1H3,(H,24,25,26). The first-order valence-corrected chi connectivity index (χ1v) is 9.09. The third kappa shape index (κ3) is 4.06. The van der Waals surface area contributed by atoms with Gasteiger partial charge >= 0.3 is 0 Å². The van der Waals surface area contributed by atoms with Crippen molar-refractivity contribution in [1.29, 1.82) is 0 Å². The summed E-state index contributed by atoms with van der Waals surface area (Å²) >= 11 is 0. The average molecular weight is 355 g/mol. The van der Waals surface area contributed by atoms with E-state index in [9.17, 15) is 0 Å². The minimum atomic E-state index is 0.559. The van der Waals surface area contributed by atoms with Crippen LogP contribution in [0.5, 0.6) is 5.75 Å².